The van der Waals surface area contributed by atoms with Gasteiger partial charge in [-0.1, -0.05) is 0 Å². The first-order valence-electron chi connectivity index (χ1n) is 3.82. The van der Waals surface area contributed by atoms with E-state index in [1.165, 1.54) is 12.8 Å². The summed E-state index contributed by atoms with van der Waals surface area (Å²) in [5.74, 6) is 0.803. The molecule has 2 rings (SSSR count). The molecule has 0 aromatic carbocycles. The van der Waals surface area contributed by atoms with Crippen molar-refractivity contribution in [2.45, 2.75) is 12.8 Å². The van der Waals surface area contributed by atoms with Crippen molar-refractivity contribution in [1.29, 1.82) is 0 Å². The van der Waals surface area contributed by atoms with Crippen molar-refractivity contribution < 1.29 is 4.79 Å². The number of hydrogen-bond acceptors (Lipinski definition) is 1. The normalized spacial score (nSPS) is 25.2. The number of urea groups is 1. The first kappa shape index (κ1) is 6.01. The molecule has 2 fully saturated rings. The average molecular weight is 139 g/mol. The molecule has 1 aliphatic carbocycles. The highest BCUT2D eigenvalue weighted by atomic mass is 16.2. The third-order valence-electron chi connectivity index (χ3n) is 2.06. The van der Waals surface area contributed by atoms with Crippen molar-refractivity contribution in [2.24, 2.45) is 5.92 Å². The lowest BCUT2D eigenvalue weighted by molar-refractivity contribution is 0.215. The topological polar surface area (TPSA) is 34.4 Å². The lowest BCUT2D eigenvalue weighted by Crippen LogP contribution is -2.27. The molecule has 0 unspecified atom stereocenters. The molecule has 1 saturated heterocycles. The van der Waals surface area contributed by atoms with Gasteiger partial charge in [0.2, 0.25) is 0 Å². The number of amides is 2. The van der Waals surface area contributed by atoms with Crippen molar-refractivity contribution in [3.05, 3.63) is 0 Å². The smallest absolute Gasteiger partial charge is 0.321 e. The Morgan fingerprint density at radius 3 is 2.90 bits per heavy atom. The van der Waals surface area contributed by atoms with Gasteiger partial charge in [0, 0.05) is 13.1 Å². The molecule has 3 nitrogen and oxygen atoms in total. The van der Waals surface area contributed by atoms with Gasteiger partial charge in [-0.3, -0.25) is 0 Å². The molecule has 0 aromatic heterocycles. The average Bonchev–Trinajstić information content (AvgIpc) is 2.62. The monoisotopic (exact) mass is 139 g/mol. The summed E-state index contributed by atoms with van der Waals surface area (Å²) in [7, 11) is 0. The van der Waals surface area contributed by atoms with E-state index in [9.17, 15) is 4.79 Å². The third kappa shape index (κ3) is 1.08. The largest absolute Gasteiger partial charge is 0.339 e. The van der Waals surface area contributed by atoms with Crippen molar-refractivity contribution >= 4 is 6.03 Å². The van der Waals surface area contributed by atoms with Gasteiger partial charge in [0.05, 0.1) is 6.54 Å². The Kier molecular flexibility index (Phi) is 1.29. The predicted octanol–water partition coefficient (Wildman–Crippen LogP) is 0.436. The summed E-state index contributed by atoms with van der Waals surface area (Å²) < 4.78 is 0. The van der Waals surface area contributed by atoms with Gasteiger partial charge in [-0.05, 0) is 18.8 Å². The Morgan fingerprint density at radius 1 is 1.60 bits per heavy atom. The van der Waals surface area contributed by atoms with Crippen LogP contribution in [0.25, 0.3) is 0 Å². The van der Waals surface area contributed by atoms with Crippen LogP contribution in [0, 0.1) is 5.92 Å². The second-order valence-electron chi connectivity index (χ2n) is 3.05. The van der Waals surface area contributed by atoms with Crippen LogP contribution in [-0.2, 0) is 0 Å². The van der Waals surface area contributed by atoms with Crippen molar-refractivity contribution in [2.75, 3.05) is 19.6 Å². The zero-order valence-electron chi connectivity index (χ0n) is 5.92. The van der Waals surface area contributed by atoms with Crippen LogP contribution >= 0.6 is 0 Å². The first-order chi connectivity index (χ1) is 4.86. The fraction of sp³-hybridized carbons (Fsp3) is 0.857. The molecule has 1 radical (unpaired) electrons. The maximum absolute atomic E-state index is 10.9. The molecule has 1 saturated carbocycles. The molecule has 2 amide bonds. The number of carbonyl (C=O) groups is 1. The minimum atomic E-state index is 0.00639. The SMILES string of the molecule is O=C1[N]CCN1CC1CC1. The van der Waals surface area contributed by atoms with Crippen molar-refractivity contribution in [3.8, 4) is 0 Å². The fourth-order valence-corrected chi connectivity index (χ4v) is 1.24. The molecule has 1 heterocycles. The zero-order chi connectivity index (χ0) is 6.97. The molecule has 3 heteroatoms. The van der Waals surface area contributed by atoms with Gasteiger partial charge in [0.1, 0.15) is 0 Å². The van der Waals surface area contributed by atoms with Gasteiger partial charge in [0.15, 0.2) is 0 Å². The predicted molar refractivity (Wildman–Crippen MR) is 36.7 cm³/mol. The molecule has 0 aromatic rings. The molecule has 0 atom stereocenters. The highest BCUT2D eigenvalue weighted by Gasteiger charge is 2.29. The van der Waals surface area contributed by atoms with E-state index in [0.29, 0.717) is 6.54 Å². The summed E-state index contributed by atoms with van der Waals surface area (Å²) in [5, 5.41) is 3.79. The van der Waals surface area contributed by atoms with Crippen LogP contribution in [0.15, 0.2) is 0 Å². The molecule has 10 heavy (non-hydrogen) atoms. The maximum Gasteiger partial charge on any atom is 0.339 e. The zero-order valence-corrected chi connectivity index (χ0v) is 5.92. The van der Waals surface area contributed by atoms with Crippen LogP contribution in [0.4, 0.5) is 4.79 Å². The van der Waals surface area contributed by atoms with E-state index < -0.39 is 0 Å². The Morgan fingerprint density at radius 2 is 2.40 bits per heavy atom. The van der Waals surface area contributed by atoms with Crippen LogP contribution in [0.2, 0.25) is 0 Å². The van der Waals surface area contributed by atoms with Crippen LogP contribution in [0.5, 0.6) is 0 Å². The van der Waals surface area contributed by atoms with Gasteiger partial charge in [-0.15, -0.1) is 0 Å². The van der Waals surface area contributed by atoms with E-state index in [2.05, 4.69) is 5.32 Å². The van der Waals surface area contributed by atoms with Crippen LogP contribution in [0.1, 0.15) is 12.8 Å². The number of nitrogens with zero attached hydrogens (tertiary/aromatic N) is 2. The lowest BCUT2D eigenvalue weighted by atomic mass is 10.4. The van der Waals surface area contributed by atoms with Crippen LogP contribution in [0.3, 0.4) is 0 Å². The van der Waals surface area contributed by atoms with Gasteiger partial charge < -0.3 is 4.90 Å². The van der Waals surface area contributed by atoms with E-state index in [4.69, 9.17) is 0 Å². The second-order valence-corrected chi connectivity index (χ2v) is 3.05. The molecule has 55 valence electrons. The van der Waals surface area contributed by atoms with Crippen LogP contribution in [-0.4, -0.2) is 30.6 Å². The standard InChI is InChI=1S/C7H11N2O/c10-7-8-3-4-9(7)5-6-1-2-6/h6H,1-5H2. The van der Waals surface area contributed by atoms with E-state index in [1.54, 1.807) is 0 Å². The quantitative estimate of drug-likeness (QED) is 0.546. The molecule has 0 spiro atoms. The van der Waals surface area contributed by atoms with E-state index in [0.717, 1.165) is 19.0 Å². The molecular formula is C7H11N2O. The van der Waals surface area contributed by atoms with Crippen molar-refractivity contribution in [3.63, 3.8) is 0 Å². The van der Waals surface area contributed by atoms with E-state index >= 15 is 0 Å². The number of hydrogen-bond donors (Lipinski definition) is 0. The Balaban J connectivity index is 1.84. The van der Waals surface area contributed by atoms with Crippen LogP contribution < -0.4 is 5.32 Å². The number of carbonyl (C=O) groups excluding carboxylic acids is 1. The molecule has 0 N–H and O–H groups in total. The maximum atomic E-state index is 10.9. The Bertz CT molecular complexity index is 154. The highest BCUT2D eigenvalue weighted by molar-refractivity contribution is 5.75. The summed E-state index contributed by atoms with van der Waals surface area (Å²) in [4.78, 5) is 12.8. The number of rotatable bonds is 2. The Labute approximate surface area is 60.4 Å². The minimum Gasteiger partial charge on any atom is -0.321 e. The van der Waals surface area contributed by atoms with E-state index in [1.807, 2.05) is 4.90 Å². The lowest BCUT2D eigenvalue weighted by Gasteiger charge is -2.11. The highest BCUT2D eigenvalue weighted by Crippen LogP contribution is 2.29. The fourth-order valence-electron chi connectivity index (χ4n) is 1.24. The van der Waals surface area contributed by atoms with Gasteiger partial charge in [-0.25, -0.2) is 10.1 Å². The van der Waals surface area contributed by atoms with E-state index in [-0.39, 0.29) is 6.03 Å². The Hall–Kier alpha value is -0.730. The summed E-state index contributed by atoms with van der Waals surface area (Å²) in [6.07, 6.45) is 2.62. The van der Waals surface area contributed by atoms with Gasteiger partial charge >= 0.3 is 6.03 Å². The summed E-state index contributed by atoms with van der Waals surface area (Å²) in [6.45, 7) is 2.53. The minimum absolute atomic E-state index is 0.00639. The van der Waals surface area contributed by atoms with Gasteiger partial charge in [-0.2, -0.15) is 0 Å². The summed E-state index contributed by atoms with van der Waals surface area (Å²) >= 11 is 0. The summed E-state index contributed by atoms with van der Waals surface area (Å²) in [6, 6.07) is 0.00639. The molecule has 1 aliphatic heterocycles. The molecule has 2 aliphatic rings. The van der Waals surface area contributed by atoms with Gasteiger partial charge in [0.25, 0.3) is 0 Å². The first-order valence-corrected chi connectivity index (χ1v) is 3.82. The van der Waals surface area contributed by atoms with Crippen molar-refractivity contribution in [1.82, 2.24) is 10.2 Å². The summed E-state index contributed by atoms with van der Waals surface area (Å²) in [5.41, 5.74) is 0. The molecular weight excluding hydrogens is 128 g/mol. The third-order valence-corrected chi connectivity index (χ3v) is 2.06. The molecule has 0 bridgehead atoms. The second kappa shape index (κ2) is 2.15.